The summed E-state index contributed by atoms with van der Waals surface area (Å²) in [5, 5.41) is 0. The molecule has 2 nitrogen and oxygen atoms in total. The molecule has 0 aliphatic carbocycles. The summed E-state index contributed by atoms with van der Waals surface area (Å²) in [7, 11) is 0. The number of rotatable bonds is 5. The summed E-state index contributed by atoms with van der Waals surface area (Å²) in [6, 6.07) is 2.12. The van der Waals surface area contributed by atoms with Crippen LogP contribution >= 0.6 is 15.9 Å². The molecule has 0 aliphatic rings. The van der Waals surface area contributed by atoms with E-state index in [1.165, 1.54) is 12.0 Å². The summed E-state index contributed by atoms with van der Waals surface area (Å²) in [5.41, 5.74) is 7.04. The van der Waals surface area contributed by atoms with Gasteiger partial charge in [0.1, 0.15) is 0 Å². The second-order valence-electron chi connectivity index (χ2n) is 4.45. The smallest absolute Gasteiger partial charge is 0.0410 e. The van der Waals surface area contributed by atoms with Crippen molar-refractivity contribution < 1.29 is 0 Å². The van der Waals surface area contributed by atoms with E-state index in [1.807, 2.05) is 12.4 Å². The summed E-state index contributed by atoms with van der Waals surface area (Å²) in [4.78, 5) is 4.16. The van der Waals surface area contributed by atoms with Crippen molar-refractivity contribution in [3.8, 4) is 0 Å². The Bertz CT molecular complexity index is 299. The lowest BCUT2D eigenvalue weighted by atomic mass is 9.92. The van der Waals surface area contributed by atoms with Gasteiger partial charge in [0.25, 0.3) is 0 Å². The van der Waals surface area contributed by atoms with Crippen LogP contribution in [0.3, 0.4) is 0 Å². The molecule has 0 amide bonds. The number of aromatic nitrogens is 1. The molecular formula is C12H19BrN2. The lowest BCUT2D eigenvalue weighted by Crippen LogP contribution is -2.18. The van der Waals surface area contributed by atoms with Gasteiger partial charge in [-0.15, -0.1) is 0 Å². The monoisotopic (exact) mass is 270 g/mol. The molecule has 1 aromatic rings. The Labute approximate surface area is 100 Å². The first-order valence-electron chi connectivity index (χ1n) is 5.41. The minimum atomic E-state index is 0.570. The fourth-order valence-electron chi connectivity index (χ4n) is 1.83. The van der Waals surface area contributed by atoms with E-state index in [9.17, 15) is 0 Å². The molecule has 1 heterocycles. The Morgan fingerprint density at radius 1 is 1.40 bits per heavy atom. The van der Waals surface area contributed by atoms with Crippen LogP contribution in [-0.2, 0) is 6.42 Å². The molecule has 0 radical (unpaired) electrons. The fraction of sp³-hybridized carbons (Fsp3) is 0.583. The van der Waals surface area contributed by atoms with Gasteiger partial charge in [0.15, 0.2) is 0 Å². The highest BCUT2D eigenvalue weighted by molar-refractivity contribution is 9.10. The van der Waals surface area contributed by atoms with Gasteiger partial charge in [0, 0.05) is 16.9 Å². The molecule has 2 N–H and O–H groups in total. The summed E-state index contributed by atoms with van der Waals surface area (Å²) < 4.78 is 1.04. The van der Waals surface area contributed by atoms with E-state index in [4.69, 9.17) is 5.73 Å². The van der Waals surface area contributed by atoms with Crippen LogP contribution in [0.5, 0.6) is 0 Å². The van der Waals surface area contributed by atoms with Crippen LogP contribution in [0.4, 0.5) is 0 Å². The summed E-state index contributed by atoms with van der Waals surface area (Å²) >= 11 is 3.43. The molecule has 0 aliphatic heterocycles. The third-order valence-corrected chi connectivity index (χ3v) is 2.86. The minimum Gasteiger partial charge on any atom is -0.330 e. The van der Waals surface area contributed by atoms with E-state index >= 15 is 0 Å². The zero-order valence-electron chi connectivity index (χ0n) is 9.41. The zero-order valence-corrected chi connectivity index (χ0v) is 11.0. The van der Waals surface area contributed by atoms with Crippen LogP contribution in [0.2, 0.25) is 0 Å². The van der Waals surface area contributed by atoms with Crippen LogP contribution in [0, 0.1) is 11.8 Å². The van der Waals surface area contributed by atoms with Gasteiger partial charge >= 0.3 is 0 Å². The average molecular weight is 271 g/mol. The van der Waals surface area contributed by atoms with Crippen LogP contribution in [0.25, 0.3) is 0 Å². The summed E-state index contributed by atoms with van der Waals surface area (Å²) in [6.07, 6.45) is 5.95. The summed E-state index contributed by atoms with van der Waals surface area (Å²) in [6.45, 7) is 5.23. The third-order valence-electron chi connectivity index (χ3n) is 2.42. The predicted octanol–water partition coefficient (Wildman–Crippen LogP) is 3.01. The standard InChI is InChI=1S/C12H19BrN2/c1-9(2)3-10(6-14)4-11-5-12(13)8-15-7-11/h5,7-10H,3-4,6,14H2,1-2H3. The SMILES string of the molecule is CC(C)CC(CN)Cc1cncc(Br)c1. The fourth-order valence-corrected chi connectivity index (χ4v) is 2.24. The molecule has 0 spiro atoms. The van der Waals surface area contributed by atoms with E-state index in [2.05, 4.69) is 40.8 Å². The number of nitrogens with two attached hydrogens (primary N) is 1. The van der Waals surface area contributed by atoms with Crippen LogP contribution < -0.4 is 5.73 Å². The van der Waals surface area contributed by atoms with Crippen molar-refractivity contribution in [2.45, 2.75) is 26.7 Å². The highest BCUT2D eigenvalue weighted by Crippen LogP contribution is 2.18. The maximum absolute atomic E-state index is 5.77. The van der Waals surface area contributed by atoms with Crippen LogP contribution in [0.15, 0.2) is 22.9 Å². The first-order valence-corrected chi connectivity index (χ1v) is 6.20. The third kappa shape index (κ3) is 4.76. The second kappa shape index (κ2) is 6.23. The van der Waals surface area contributed by atoms with E-state index < -0.39 is 0 Å². The van der Waals surface area contributed by atoms with Crippen molar-refractivity contribution in [3.63, 3.8) is 0 Å². The minimum absolute atomic E-state index is 0.570. The second-order valence-corrected chi connectivity index (χ2v) is 5.36. The number of hydrogen-bond acceptors (Lipinski definition) is 2. The predicted molar refractivity (Wildman–Crippen MR) is 67.6 cm³/mol. The van der Waals surface area contributed by atoms with Gasteiger partial charge in [-0.3, -0.25) is 4.98 Å². The molecule has 0 aromatic carbocycles. The molecule has 1 unspecified atom stereocenters. The Balaban J connectivity index is 2.58. The molecule has 0 saturated heterocycles. The molecule has 0 saturated carbocycles. The van der Waals surface area contributed by atoms with Crippen molar-refractivity contribution in [1.82, 2.24) is 4.98 Å². The lowest BCUT2D eigenvalue weighted by molar-refractivity contribution is 0.414. The van der Waals surface area contributed by atoms with E-state index in [0.717, 1.165) is 17.4 Å². The lowest BCUT2D eigenvalue weighted by Gasteiger charge is -2.16. The Morgan fingerprint density at radius 2 is 2.13 bits per heavy atom. The molecule has 1 atom stereocenters. The normalized spacial score (nSPS) is 13.1. The maximum atomic E-state index is 5.77. The zero-order chi connectivity index (χ0) is 11.3. The first kappa shape index (κ1) is 12.7. The number of halogens is 1. The van der Waals surface area contributed by atoms with Gasteiger partial charge in [-0.05, 0) is 58.8 Å². The average Bonchev–Trinajstić information content (AvgIpc) is 2.16. The quantitative estimate of drug-likeness (QED) is 0.894. The van der Waals surface area contributed by atoms with E-state index in [-0.39, 0.29) is 0 Å². The molecule has 15 heavy (non-hydrogen) atoms. The maximum Gasteiger partial charge on any atom is 0.0410 e. The molecule has 0 bridgehead atoms. The number of nitrogens with zero attached hydrogens (tertiary/aromatic N) is 1. The molecule has 0 fully saturated rings. The van der Waals surface area contributed by atoms with Crippen LogP contribution in [0.1, 0.15) is 25.8 Å². The number of hydrogen-bond donors (Lipinski definition) is 1. The molecule has 1 rings (SSSR count). The highest BCUT2D eigenvalue weighted by atomic mass is 79.9. The van der Waals surface area contributed by atoms with Gasteiger partial charge in [0.2, 0.25) is 0 Å². The summed E-state index contributed by atoms with van der Waals surface area (Å²) in [5.74, 6) is 1.28. The Hall–Kier alpha value is -0.410. The van der Waals surface area contributed by atoms with E-state index in [0.29, 0.717) is 11.8 Å². The molecule has 1 aromatic heterocycles. The Morgan fingerprint density at radius 3 is 2.67 bits per heavy atom. The Kier molecular flexibility index (Phi) is 5.26. The van der Waals surface area contributed by atoms with Gasteiger partial charge in [-0.2, -0.15) is 0 Å². The number of pyridine rings is 1. The molecule has 3 heteroatoms. The van der Waals surface area contributed by atoms with Crippen molar-refractivity contribution in [3.05, 3.63) is 28.5 Å². The van der Waals surface area contributed by atoms with Crippen LogP contribution in [-0.4, -0.2) is 11.5 Å². The van der Waals surface area contributed by atoms with Gasteiger partial charge in [-0.1, -0.05) is 13.8 Å². The molecule has 84 valence electrons. The largest absolute Gasteiger partial charge is 0.330 e. The highest BCUT2D eigenvalue weighted by Gasteiger charge is 2.10. The van der Waals surface area contributed by atoms with Crippen molar-refractivity contribution >= 4 is 15.9 Å². The van der Waals surface area contributed by atoms with E-state index in [1.54, 1.807) is 0 Å². The molecular weight excluding hydrogens is 252 g/mol. The first-order chi connectivity index (χ1) is 7.11. The van der Waals surface area contributed by atoms with Crippen molar-refractivity contribution in [2.75, 3.05) is 6.54 Å². The van der Waals surface area contributed by atoms with Crippen molar-refractivity contribution in [2.24, 2.45) is 17.6 Å². The van der Waals surface area contributed by atoms with Gasteiger partial charge in [-0.25, -0.2) is 0 Å². The van der Waals surface area contributed by atoms with Gasteiger partial charge in [0.05, 0.1) is 0 Å². The van der Waals surface area contributed by atoms with Crippen molar-refractivity contribution in [1.29, 1.82) is 0 Å². The topological polar surface area (TPSA) is 38.9 Å². The van der Waals surface area contributed by atoms with Gasteiger partial charge < -0.3 is 5.73 Å².